The first kappa shape index (κ1) is 12.5. The number of hydrogen-bond acceptors (Lipinski definition) is 2. The van der Waals surface area contributed by atoms with Crippen molar-refractivity contribution in [3.05, 3.63) is 28.2 Å². The molecule has 0 bridgehead atoms. The molecule has 3 heteroatoms. The molecule has 2 unspecified atom stereocenters. The van der Waals surface area contributed by atoms with Crippen molar-refractivity contribution < 1.29 is 4.74 Å². The number of benzene rings is 1. The highest BCUT2D eigenvalue weighted by molar-refractivity contribution is 9.10. The molecule has 1 heterocycles. The number of halogens is 1. The average Bonchev–Trinajstić information content (AvgIpc) is 2.56. The van der Waals surface area contributed by atoms with E-state index < -0.39 is 0 Å². The van der Waals surface area contributed by atoms with Crippen LogP contribution in [0.3, 0.4) is 0 Å². The van der Waals surface area contributed by atoms with E-state index in [1.165, 1.54) is 6.42 Å². The molecular weight excluding hydrogens is 290 g/mol. The summed E-state index contributed by atoms with van der Waals surface area (Å²) in [5.74, 6) is 0.981. The second kappa shape index (κ2) is 3.97. The zero-order valence-electron chi connectivity index (χ0n) is 11.0. The first-order chi connectivity index (χ1) is 8.39. The van der Waals surface area contributed by atoms with Gasteiger partial charge in [0, 0.05) is 22.5 Å². The molecule has 0 aromatic heterocycles. The van der Waals surface area contributed by atoms with Gasteiger partial charge in [-0.25, -0.2) is 0 Å². The molecule has 2 N–H and O–H groups in total. The van der Waals surface area contributed by atoms with Crippen LogP contribution in [0.5, 0.6) is 5.75 Å². The van der Waals surface area contributed by atoms with Gasteiger partial charge in [-0.15, -0.1) is 0 Å². The maximum Gasteiger partial charge on any atom is 0.124 e. The molecule has 2 atom stereocenters. The van der Waals surface area contributed by atoms with Crippen molar-refractivity contribution in [3.63, 3.8) is 0 Å². The van der Waals surface area contributed by atoms with Gasteiger partial charge < -0.3 is 10.5 Å². The zero-order valence-corrected chi connectivity index (χ0v) is 12.6. The van der Waals surface area contributed by atoms with Gasteiger partial charge in [-0.05, 0) is 42.9 Å². The number of fused-ring (bicyclic) bond motifs is 1. The van der Waals surface area contributed by atoms with Gasteiger partial charge in [0.05, 0.1) is 0 Å². The molecule has 2 aliphatic rings. The van der Waals surface area contributed by atoms with Crippen LogP contribution in [0.25, 0.3) is 0 Å². The topological polar surface area (TPSA) is 35.2 Å². The SMILES string of the molecule is CC1(C)CCC2(CC(N)c3cc(Br)ccc3O2)C1. The summed E-state index contributed by atoms with van der Waals surface area (Å²) in [6.07, 6.45) is 4.41. The molecule has 1 aliphatic heterocycles. The van der Waals surface area contributed by atoms with Crippen LogP contribution < -0.4 is 10.5 Å². The third kappa shape index (κ3) is 2.08. The van der Waals surface area contributed by atoms with Gasteiger partial charge in [0.2, 0.25) is 0 Å². The second-order valence-electron chi connectivity index (χ2n) is 6.62. The zero-order chi connectivity index (χ0) is 13.0. The second-order valence-corrected chi connectivity index (χ2v) is 7.53. The molecule has 3 rings (SSSR count). The van der Waals surface area contributed by atoms with Gasteiger partial charge in [-0.3, -0.25) is 0 Å². The summed E-state index contributed by atoms with van der Waals surface area (Å²) in [5, 5.41) is 0. The Balaban J connectivity index is 1.95. The first-order valence-corrected chi connectivity index (χ1v) is 7.43. The van der Waals surface area contributed by atoms with E-state index in [4.69, 9.17) is 10.5 Å². The molecule has 1 aromatic carbocycles. The molecule has 18 heavy (non-hydrogen) atoms. The van der Waals surface area contributed by atoms with Crippen LogP contribution >= 0.6 is 15.9 Å². The van der Waals surface area contributed by atoms with Crippen LogP contribution in [0.4, 0.5) is 0 Å². The third-order valence-electron chi connectivity index (χ3n) is 4.35. The van der Waals surface area contributed by atoms with Crippen molar-refractivity contribution in [1.82, 2.24) is 0 Å². The Morgan fingerprint density at radius 2 is 2.11 bits per heavy atom. The normalized spacial score (nSPS) is 33.2. The van der Waals surface area contributed by atoms with Crippen molar-refractivity contribution in [3.8, 4) is 5.75 Å². The lowest BCUT2D eigenvalue weighted by Crippen LogP contribution is -2.41. The van der Waals surface area contributed by atoms with Crippen molar-refractivity contribution >= 4 is 15.9 Å². The lowest BCUT2D eigenvalue weighted by Gasteiger charge is -2.39. The van der Waals surface area contributed by atoms with E-state index in [2.05, 4.69) is 35.8 Å². The monoisotopic (exact) mass is 309 g/mol. The van der Waals surface area contributed by atoms with Crippen LogP contribution in [0.2, 0.25) is 0 Å². The van der Waals surface area contributed by atoms with E-state index >= 15 is 0 Å². The van der Waals surface area contributed by atoms with Gasteiger partial charge in [0.25, 0.3) is 0 Å². The maximum absolute atomic E-state index is 6.36. The fourth-order valence-corrected chi connectivity index (χ4v) is 3.94. The summed E-state index contributed by atoms with van der Waals surface area (Å²) in [6.45, 7) is 4.65. The quantitative estimate of drug-likeness (QED) is 0.780. The molecule has 0 saturated heterocycles. The van der Waals surface area contributed by atoms with E-state index in [9.17, 15) is 0 Å². The molecule has 0 radical (unpaired) electrons. The Labute approximate surface area is 117 Å². The fraction of sp³-hybridized carbons (Fsp3) is 0.600. The van der Waals surface area contributed by atoms with Crippen molar-refractivity contribution in [2.75, 3.05) is 0 Å². The minimum absolute atomic E-state index is 0.0241. The molecule has 1 aromatic rings. The number of hydrogen-bond donors (Lipinski definition) is 1. The summed E-state index contributed by atoms with van der Waals surface area (Å²) >= 11 is 3.50. The highest BCUT2D eigenvalue weighted by Crippen LogP contribution is 2.52. The van der Waals surface area contributed by atoms with Gasteiger partial charge >= 0.3 is 0 Å². The number of ether oxygens (including phenoxy) is 1. The van der Waals surface area contributed by atoms with Gasteiger partial charge in [-0.1, -0.05) is 29.8 Å². The summed E-state index contributed by atoms with van der Waals surface area (Å²) in [5.41, 5.74) is 7.85. The molecular formula is C15H20BrNO. The Kier molecular flexibility index (Phi) is 2.76. The van der Waals surface area contributed by atoms with Gasteiger partial charge in [-0.2, -0.15) is 0 Å². The minimum atomic E-state index is -0.0241. The minimum Gasteiger partial charge on any atom is -0.487 e. The highest BCUT2D eigenvalue weighted by atomic mass is 79.9. The van der Waals surface area contributed by atoms with E-state index in [-0.39, 0.29) is 11.6 Å². The Morgan fingerprint density at radius 1 is 1.33 bits per heavy atom. The standard InChI is InChI=1S/C15H20BrNO/c1-14(2)5-6-15(9-14)8-12(17)11-7-10(16)3-4-13(11)18-15/h3-4,7,12H,5-6,8-9,17H2,1-2H3. The van der Waals surface area contributed by atoms with E-state index in [1.807, 2.05) is 12.1 Å². The maximum atomic E-state index is 6.36. The van der Waals surface area contributed by atoms with E-state index in [1.54, 1.807) is 0 Å². The Hall–Kier alpha value is -0.540. The smallest absolute Gasteiger partial charge is 0.124 e. The van der Waals surface area contributed by atoms with Crippen molar-refractivity contribution in [2.45, 2.75) is 51.2 Å². The molecule has 2 nitrogen and oxygen atoms in total. The lowest BCUT2D eigenvalue weighted by atomic mass is 9.83. The summed E-state index contributed by atoms with van der Waals surface area (Å²) in [4.78, 5) is 0. The Bertz CT molecular complexity index is 485. The van der Waals surface area contributed by atoms with Gasteiger partial charge in [0.15, 0.2) is 0 Å². The predicted octanol–water partition coefficient (Wildman–Crippen LogP) is 4.18. The molecule has 1 fully saturated rings. The summed E-state index contributed by atoms with van der Waals surface area (Å²) in [6, 6.07) is 6.27. The van der Waals surface area contributed by atoms with Crippen LogP contribution in [0.15, 0.2) is 22.7 Å². The van der Waals surface area contributed by atoms with Crippen LogP contribution in [-0.2, 0) is 0 Å². The number of rotatable bonds is 0. The van der Waals surface area contributed by atoms with Crippen molar-refractivity contribution in [1.29, 1.82) is 0 Å². The fourth-order valence-electron chi connectivity index (χ4n) is 3.56. The van der Waals surface area contributed by atoms with Gasteiger partial charge in [0.1, 0.15) is 11.4 Å². The average molecular weight is 310 g/mol. The Morgan fingerprint density at radius 3 is 2.78 bits per heavy atom. The molecule has 1 spiro atoms. The predicted molar refractivity (Wildman–Crippen MR) is 76.7 cm³/mol. The van der Waals surface area contributed by atoms with Crippen LogP contribution in [0.1, 0.15) is 51.1 Å². The van der Waals surface area contributed by atoms with Crippen LogP contribution in [-0.4, -0.2) is 5.60 Å². The third-order valence-corrected chi connectivity index (χ3v) is 4.84. The van der Waals surface area contributed by atoms with Crippen LogP contribution in [0, 0.1) is 5.41 Å². The molecule has 1 aliphatic carbocycles. The number of nitrogens with two attached hydrogens (primary N) is 1. The van der Waals surface area contributed by atoms with E-state index in [0.29, 0.717) is 5.41 Å². The molecule has 1 saturated carbocycles. The van der Waals surface area contributed by atoms with Crippen molar-refractivity contribution in [2.24, 2.45) is 11.1 Å². The lowest BCUT2D eigenvalue weighted by molar-refractivity contribution is 0.0331. The first-order valence-electron chi connectivity index (χ1n) is 6.63. The summed E-state index contributed by atoms with van der Waals surface area (Å²) in [7, 11) is 0. The highest BCUT2D eigenvalue weighted by Gasteiger charge is 2.48. The molecule has 98 valence electrons. The summed E-state index contributed by atoms with van der Waals surface area (Å²) < 4.78 is 7.41. The van der Waals surface area contributed by atoms with E-state index in [0.717, 1.165) is 35.0 Å². The largest absolute Gasteiger partial charge is 0.487 e. The molecule has 0 amide bonds.